The summed E-state index contributed by atoms with van der Waals surface area (Å²) < 4.78 is 5.85. The molecule has 0 radical (unpaired) electrons. The summed E-state index contributed by atoms with van der Waals surface area (Å²) in [6.07, 6.45) is 3.93. The molecule has 1 aromatic carbocycles. The molecule has 130 valence electrons. The third-order valence-electron chi connectivity index (χ3n) is 4.99. The zero-order valence-electron chi connectivity index (χ0n) is 14.3. The minimum Gasteiger partial charge on any atom is -0.465 e. The van der Waals surface area contributed by atoms with Crippen LogP contribution in [0.3, 0.4) is 0 Å². The van der Waals surface area contributed by atoms with Gasteiger partial charge >= 0.3 is 0 Å². The number of rotatable bonds is 6. The fourth-order valence-electron chi connectivity index (χ4n) is 3.77. The highest BCUT2D eigenvalue weighted by Gasteiger charge is 2.35. The SMILES string of the molecule is CCc1ccc(CN2CCC[C@@](CO)(Cc3cccc(Cl)c3)C2)o1. The van der Waals surface area contributed by atoms with Crippen LogP contribution in [0.25, 0.3) is 0 Å². The van der Waals surface area contributed by atoms with Gasteiger partial charge in [0.15, 0.2) is 0 Å². The lowest BCUT2D eigenvalue weighted by Crippen LogP contribution is -2.46. The minimum atomic E-state index is -0.0941. The van der Waals surface area contributed by atoms with Gasteiger partial charge in [0.25, 0.3) is 0 Å². The van der Waals surface area contributed by atoms with Crippen molar-refractivity contribution in [2.45, 2.75) is 39.2 Å². The van der Waals surface area contributed by atoms with Gasteiger partial charge in [0.05, 0.1) is 13.2 Å². The molecule has 0 saturated carbocycles. The van der Waals surface area contributed by atoms with E-state index < -0.39 is 0 Å². The number of piperidine rings is 1. The highest BCUT2D eigenvalue weighted by Crippen LogP contribution is 2.34. The van der Waals surface area contributed by atoms with Crippen LogP contribution >= 0.6 is 11.6 Å². The predicted molar refractivity (Wildman–Crippen MR) is 97.3 cm³/mol. The molecule has 1 atom stereocenters. The largest absolute Gasteiger partial charge is 0.465 e. The average Bonchev–Trinajstić information content (AvgIpc) is 3.03. The van der Waals surface area contributed by atoms with Gasteiger partial charge in [-0.05, 0) is 55.6 Å². The molecule has 0 bridgehead atoms. The Morgan fingerprint density at radius 1 is 1.25 bits per heavy atom. The molecule has 2 heterocycles. The van der Waals surface area contributed by atoms with E-state index in [9.17, 15) is 5.11 Å². The molecular formula is C20H26ClNO2. The van der Waals surface area contributed by atoms with E-state index in [4.69, 9.17) is 16.0 Å². The summed E-state index contributed by atoms with van der Waals surface area (Å²) in [5, 5.41) is 10.9. The third-order valence-corrected chi connectivity index (χ3v) is 5.22. The quantitative estimate of drug-likeness (QED) is 0.845. The fourth-order valence-corrected chi connectivity index (χ4v) is 3.98. The number of benzene rings is 1. The monoisotopic (exact) mass is 347 g/mol. The van der Waals surface area contributed by atoms with Crippen LogP contribution in [0.1, 0.15) is 36.8 Å². The topological polar surface area (TPSA) is 36.6 Å². The zero-order chi connectivity index (χ0) is 17.0. The van der Waals surface area contributed by atoms with Crippen molar-refractivity contribution in [2.75, 3.05) is 19.7 Å². The van der Waals surface area contributed by atoms with Crippen LogP contribution in [0.5, 0.6) is 0 Å². The molecule has 0 amide bonds. The molecular weight excluding hydrogens is 322 g/mol. The van der Waals surface area contributed by atoms with Crippen molar-refractivity contribution in [3.63, 3.8) is 0 Å². The van der Waals surface area contributed by atoms with Gasteiger partial charge in [0.2, 0.25) is 0 Å². The Bertz CT molecular complexity index is 669. The molecule has 1 saturated heterocycles. The van der Waals surface area contributed by atoms with Gasteiger partial charge in [-0.25, -0.2) is 0 Å². The normalized spacial score (nSPS) is 22.0. The number of halogens is 1. The summed E-state index contributed by atoms with van der Waals surface area (Å²) in [6, 6.07) is 12.1. The van der Waals surface area contributed by atoms with Crippen molar-refractivity contribution in [3.8, 4) is 0 Å². The van der Waals surface area contributed by atoms with Crippen LogP contribution in [0.2, 0.25) is 5.02 Å². The number of aryl methyl sites for hydroxylation is 1. The first-order valence-corrected chi connectivity index (χ1v) is 9.15. The lowest BCUT2D eigenvalue weighted by molar-refractivity contribution is 0.0260. The molecule has 2 aromatic rings. The van der Waals surface area contributed by atoms with E-state index in [0.717, 1.165) is 61.9 Å². The van der Waals surface area contributed by atoms with E-state index in [-0.39, 0.29) is 12.0 Å². The number of hydrogen-bond donors (Lipinski definition) is 1. The van der Waals surface area contributed by atoms with Gasteiger partial charge in [-0.2, -0.15) is 0 Å². The van der Waals surface area contributed by atoms with E-state index in [0.29, 0.717) is 0 Å². The Hall–Kier alpha value is -1.29. The van der Waals surface area contributed by atoms with E-state index in [1.165, 1.54) is 5.56 Å². The van der Waals surface area contributed by atoms with E-state index in [1.54, 1.807) is 0 Å². The second kappa shape index (κ2) is 7.73. The lowest BCUT2D eigenvalue weighted by Gasteiger charge is -2.41. The highest BCUT2D eigenvalue weighted by atomic mass is 35.5. The summed E-state index contributed by atoms with van der Waals surface area (Å²) in [5.74, 6) is 2.05. The molecule has 1 N–H and O–H groups in total. The maximum atomic E-state index is 10.1. The summed E-state index contributed by atoms with van der Waals surface area (Å²) in [4.78, 5) is 2.41. The van der Waals surface area contributed by atoms with Crippen LogP contribution < -0.4 is 0 Å². The summed E-state index contributed by atoms with van der Waals surface area (Å²) in [5.41, 5.74) is 1.10. The lowest BCUT2D eigenvalue weighted by atomic mass is 9.75. The molecule has 0 aliphatic carbocycles. The minimum absolute atomic E-state index is 0.0941. The Morgan fingerprint density at radius 2 is 2.08 bits per heavy atom. The fraction of sp³-hybridized carbons (Fsp3) is 0.500. The average molecular weight is 348 g/mol. The molecule has 1 aromatic heterocycles. The summed E-state index contributed by atoms with van der Waals surface area (Å²) in [6.45, 7) is 5.06. The van der Waals surface area contributed by atoms with Crippen LogP contribution in [-0.2, 0) is 19.4 Å². The molecule has 0 spiro atoms. The van der Waals surface area contributed by atoms with Crippen LogP contribution in [0.4, 0.5) is 0 Å². The standard InChI is InChI=1S/C20H26ClNO2/c1-2-18-7-8-19(24-18)13-22-10-4-9-20(14-22,15-23)12-16-5-3-6-17(21)11-16/h3,5-8,11,23H,2,4,9-10,12-15H2,1H3/t20-/m1/s1. The zero-order valence-corrected chi connectivity index (χ0v) is 15.1. The van der Waals surface area contributed by atoms with E-state index in [2.05, 4.69) is 30.0 Å². The number of aliphatic hydroxyl groups is 1. The Labute approximate surface area is 149 Å². The number of nitrogens with zero attached hydrogens (tertiary/aromatic N) is 1. The van der Waals surface area contributed by atoms with E-state index >= 15 is 0 Å². The molecule has 1 aliphatic rings. The Morgan fingerprint density at radius 3 is 2.79 bits per heavy atom. The molecule has 4 heteroatoms. The smallest absolute Gasteiger partial charge is 0.118 e. The molecule has 24 heavy (non-hydrogen) atoms. The van der Waals surface area contributed by atoms with Gasteiger partial charge in [-0.15, -0.1) is 0 Å². The Balaban J connectivity index is 1.69. The van der Waals surface area contributed by atoms with Crippen LogP contribution in [-0.4, -0.2) is 29.7 Å². The Kier molecular flexibility index (Phi) is 5.65. The van der Waals surface area contributed by atoms with Gasteiger partial charge in [0.1, 0.15) is 11.5 Å². The van der Waals surface area contributed by atoms with Gasteiger partial charge in [-0.3, -0.25) is 4.90 Å². The molecule has 3 rings (SSSR count). The van der Waals surface area contributed by atoms with Crippen molar-refractivity contribution < 1.29 is 9.52 Å². The summed E-state index contributed by atoms with van der Waals surface area (Å²) >= 11 is 6.12. The van der Waals surface area contributed by atoms with Crippen molar-refractivity contribution in [3.05, 3.63) is 58.5 Å². The number of hydrogen-bond acceptors (Lipinski definition) is 3. The van der Waals surface area contributed by atoms with Gasteiger partial charge in [0, 0.05) is 23.4 Å². The number of aliphatic hydroxyl groups excluding tert-OH is 1. The van der Waals surface area contributed by atoms with Crippen molar-refractivity contribution in [2.24, 2.45) is 5.41 Å². The number of likely N-dealkylation sites (tertiary alicyclic amines) is 1. The second-order valence-electron chi connectivity index (χ2n) is 7.00. The van der Waals surface area contributed by atoms with Gasteiger partial charge in [-0.1, -0.05) is 30.7 Å². The highest BCUT2D eigenvalue weighted by molar-refractivity contribution is 6.30. The first kappa shape index (κ1) is 17.5. The summed E-state index contributed by atoms with van der Waals surface area (Å²) in [7, 11) is 0. The van der Waals surface area contributed by atoms with Crippen molar-refractivity contribution in [1.29, 1.82) is 0 Å². The predicted octanol–water partition coefficient (Wildman–Crippen LogP) is 4.31. The van der Waals surface area contributed by atoms with Gasteiger partial charge < -0.3 is 9.52 Å². The number of furan rings is 1. The van der Waals surface area contributed by atoms with Crippen LogP contribution in [0.15, 0.2) is 40.8 Å². The van der Waals surface area contributed by atoms with Crippen LogP contribution in [0, 0.1) is 5.41 Å². The maximum Gasteiger partial charge on any atom is 0.118 e. The van der Waals surface area contributed by atoms with E-state index in [1.807, 2.05) is 18.2 Å². The first-order valence-electron chi connectivity index (χ1n) is 8.78. The van der Waals surface area contributed by atoms with Crippen molar-refractivity contribution >= 4 is 11.6 Å². The third kappa shape index (κ3) is 4.21. The maximum absolute atomic E-state index is 10.1. The second-order valence-corrected chi connectivity index (χ2v) is 7.44. The molecule has 1 fully saturated rings. The molecule has 0 unspecified atom stereocenters. The molecule has 1 aliphatic heterocycles. The van der Waals surface area contributed by atoms with Crippen molar-refractivity contribution in [1.82, 2.24) is 4.90 Å². The molecule has 3 nitrogen and oxygen atoms in total. The first-order chi connectivity index (χ1) is 11.6.